The van der Waals surface area contributed by atoms with Crippen LogP contribution in [-0.2, 0) is 10.2 Å². The average molecular weight is 218 g/mol. The van der Waals surface area contributed by atoms with Crippen LogP contribution in [0.5, 0.6) is 11.5 Å². The summed E-state index contributed by atoms with van der Waals surface area (Å²) in [7, 11) is -4.69. The van der Waals surface area contributed by atoms with Gasteiger partial charge in [0.25, 0.3) is 0 Å². The van der Waals surface area contributed by atoms with Crippen molar-refractivity contribution < 1.29 is 21.8 Å². The Kier molecular flexibility index (Phi) is 1.88. The van der Waals surface area contributed by atoms with Gasteiger partial charge in [0.15, 0.2) is 11.5 Å². The summed E-state index contributed by atoms with van der Waals surface area (Å²) in [5, 5.41) is 0. The van der Waals surface area contributed by atoms with Gasteiger partial charge in [-0.2, -0.15) is 8.42 Å². The Hall–Kier alpha value is -1.30. The number of benzene rings is 1. The van der Waals surface area contributed by atoms with E-state index in [-0.39, 0.29) is 17.4 Å². The first kappa shape index (κ1) is 9.26. The highest BCUT2D eigenvalue weighted by atomic mass is 32.3. The summed E-state index contributed by atoms with van der Waals surface area (Å²) in [6, 6.07) is 2.57. The fourth-order valence-corrected chi connectivity index (χ4v) is 1.98. The van der Waals surface area contributed by atoms with Gasteiger partial charge in [-0.15, -0.1) is 3.89 Å². The van der Waals surface area contributed by atoms with Crippen molar-refractivity contribution in [2.45, 2.75) is 11.8 Å². The molecule has 0 fully saturated rings. The number of fused-ring (bicyclic) bond motifs is 1. The SMILES string of the molecule is Cc1cc2c(cc1S(=O)(=O)F)OCO2. The van der Waals surface area contributed by atoms with Crippen LogP contribution in [0.15, 0.2) is 17.0 Å². The second kappa shape index (κ2) is 2.84. The standard InChI is InChI=1S/C8H7FO4S/c1-5-2-6-7(13-4-12-6)3-8(5)14(9,10)11/h2-3H,4H2,1H3. The van der Waals surface area contributed by atoms with Gasteiger partial charge < -0.3 is 9.47 Å². The molecular formula is C8H7FO4S. The van der Waals surface area contributed by atoms with Crippen molar-refractivity contribution in [3.05, 3.63) is 17.7 Å². The van der Waals surface area contributed by atoms with Crippen LogP contribution in [-0.4, -0.2) is 15.2 Å². The lowest BCUT2D eigenvalue weighted by Crippen LogP contribution is -1.95. The average Bonchev–Trinajstić information content (AvgIpc) is 2.47. The van der Waals surface area contributed by atoms with E-state index in [1.165, 1.54) is 13.0 Å². The highest BCUT2D eigenvalue weighted by Crippen LogP contribution is 2.36. The molecule has 0 aliphatic carbocycles. The van der Waals surface area contributed by atoms with Gasteiger partial charge >= 0.3 is 10.2 Å². The summed E-state index contributed by atoms with van der Waals surface area (Å²) in [4.78, 5) is -0.373. The lowest BCUT2D eigenvalue weighted by molar-refractivity contribution is 0.174. The zero-order chi connectivity index (χ0) is 10.3. The van der Waals surface area contributed by atoms with Crippen LogP contribution in [0.4, 0.5) is 3.89 Å². The summed E-state index contributed by atoms with van der Waals surface area (Å²) in [6.45, 7) is 1.53. The van der Waals surface area contributed by atoms with Gasteiger partial charge in [-0.3, -0.25) is 0 Å². The van der Waals surface area contributed by atoms with Crippen molar-refractivity contribution >= 4 is 10.2 Å². The van der Waals surface area contributed by atoms with Gasteiger partial charge in [0, 0.05) is 6.07 Å². The molecule has 0 saturated carbocycles. The molecule has 1 heterocycles. The third kappa shape index (κ3) is 1.41. The zero-order valence-corrected chi connectivity index (χ0v) is 8.10. The van der Waals surface area contributed by atoms with Gasteiger partial charge in [0.2, 0.25) is 6.79 Å². The molecular weight excluding hydrogens is 211 g/mol. The molecule has 0 saturated heterocycles. The van der Waals surface area contributed by atoms with Crippen LogP contribution < -0.4 is 9.47 Å². The van der Waals surface area contributed by atoms with E-state index in [1.807, 2.05) is 0 Å². The number of hydrogen-bond donors (Lipinski definition) is 0. The quantitative estimate of drug-likeness (QED) is 0.668. The van der Waals surface area contributed by atoms with Crippen molar-refractivity contribution in [3.63, 3.8) is 0 Å². The highest BCUT2D eigenvalue weighted by molar-refractivity contribution is 7.86. The maximum Gasteiger partial charge on any atom is 0.332 e. The number of rotatable bonds is 1. The fourth-order valence-electron chi connectivity index (χ4n) is 1.29. The van der Waals surface area contributed by atoms with Crippen LogP contribution in [0.1, 0.15) is 5.56 Å². The molecule has 1 aliphatic heterocycles. The predicted molar refractivity (Wildman–Crippen MR) is 45.6 cm³/mol. The van der Waals surface area contributed by atoms with Crippen LogP contribution in [0.2, 0.25) is 0 Å². The molecule has 0 aromatic heterocycles. The topological polar surface area (TPSA) is 52.6 Å². The van der Waals surface area contributed by atoms with Crippen molar-refractivity contribution in [3.8, 4) is 11.5 Å². The third-order valence-corrected chi connectivity index (χ3v) is 2.90. The molecule has 1 aliphatic rings. The van der Waals surface area contributed by atoms with Crippen molar-refractivity contribution in [2.75, 3.05) is 6.79 Å². The first-order chi connectivity index (χ1) is 6.48. The second-order valence-electron chi connectivity index (χ2n) is 2.91. The molecule has 0 amide bonds. The molecule has 0 unspecified atom stereocenters. The Morgan fingerprint density at radius 3 is 2.43 bits per heavy atom. The molecule has 0 bridgehead atoms. The minimum Gasteiger partial charge on any atom is -0.454 e. The summed E-state index contributed by atoms with van der Waals surface area (Å²) < 4.78 is 44.1. The summed E-state index contributed by atoms with van der Waals surface area (Å²) in [5.41, 5.74) is 0.303. The molecule has 1 aromatic carbocycles. The van der Waals surface area contributed by atoms with Crippen LogP contribution in [0, 0.1) is 6.92 Å². The largest absolute Gasteiger partial charge is 0.454 e. The minimum absolute atomic E-state index is 0.0323. The van der Waals surface area contributed by atoms with Crippen LogP contribution in [0.3, 0.4) is 0 Å². The molecule has 76 valence electrons. The third-order valence-electron chi connectivity index (χ3n) is 1.93. The molecule has 14 heavy (non-hydrogen) atoms. The normalized spacial score (nSPS) is 14.4. The first-order valence-corrected chi connectivity index (χ1v) is 5.22. The van der Waals surface area contributed by atoms with Crippen LogP contribution in [0.25, 0.3) is 0 Å². The number of ether oxygens (including phenoxy) is 2. The first-order valence-electron chi connectivity index (χ1n) is 3.83. The summed E-state index contributed by atoms with van der Waals surface area (Å²) >= 11 is 0. The summed E-state index contributed by atoms with van der Waals surface area (Å²) in [5.74, 6) is 0.696. The highest BCUT2D eigenvalue weighted by Gasteiger charge is 2.22. The van der Waals surface area contributed by atoms with Crippen molar-refractivity contribution in [2.24, 2.45) is 0 Å². The molecule has 0 atom stereocenters. The van der Waals surface area contributed by atoms with E-state index in [2.05, 4.69) is 0 Å². The maximum atomic E-state index is 12.7. The molecule has 0 spiro atoms. The monoisotopic (exact) mass is 218 g/mol. The number of aryl methyl sites for hydroxylation is 1. The fraction of sp³-hybridized carbons (Fsp3) is 0.250. The zero-order valence-electron chi connectivity index (χ0n) is 7.28. The Morgan fingerprint density at radius 2 is 1.86 bits per heavy atom. The van der Waals surface area contributed by atoms with E-state index in [0.29, 0.717) is 11.3 Å². The molecule has 4 nitrogen and oxygen atoms in total. The molecule has 0 radical (unpaired) electrons. The Balaban J connectivity index is 2.65. The Morgan fingerprint density at radius 1 is 1.29 bits per heavy atom. The van der Waals surface area contributed by atoms with Crippen molar-refractivity contribution in [1.82, 2.24) is 0 Å². The number of hydrogen-bond acceptors (Lipinski definition) is 4. The molecule has 6 heteroatoms. The Labute approximate surface area is 80.5 Å². The lowest BCUT2D eigenvalue weighted by Gasteiger charge is -2.02. The Bertz CT molecular complexity index is 480. The van der Waals surface area contributed by atoms with E-state index in [1.54, 1.807) is 0 Å². The van der Waals surface area contributed by atoms with Gasteiger partial charge in [-0.25, -0.2) is 0 Å². The molecule has 2 rings (SSSR count). The van der Waals surface area contributed by atoms with Gasteiger partial charge in [0.1, 0.15) is 4.90 Å². The van der Waals surface area contributed by atoms with Gasteiger partial charge in [-0.1, -0.05) is 0 Å². The predicted octanol–water partition coefficient (Wildman–Crippen LogP) is 1.38. The number of halogens is 1. The van der Waals surface area contributed by atoms with Crippen LogP contribution >= 0.6 is 0 Å². The second-order valence-corrected chi connectivity index (χ2v) is 4.22. The van der Waals surface area contributed by atoms with E-state index in [4.69, 9.17) is 9.47 Å². The van der Waals surface area contributed by atoms with E-state index in [9.17, 15) is 12.3 Å². The maximum absolute atomic E-state index is 12.7. The van der Waals surface area contributed by atoms with E-state index >= 15 is 0 Å². The smallest absolute Gasteiger partial charge is 0.332 e. The van der Waals surface area contributed by atoms with E-state index in [0.717, 1.165) is 6.07 Å². The molecule has 1 aromatic rings. The van der Waals surface area contributed by atoms with Crippen molar-refractivity contribution in [1.29, 1.82) is 0 Å². The molecule has 0 N–H and O–H groups in total. The van der Waals surface area contributed by atoms with Gasteiger partial charge in [0.05, 0.1) is 0 Å². The minimum atomic E-state index is -4.69. The lowest BCUT2D eigenvalue weighted by atomic mass is 10.2. The van der Waals surface area contributed by atoms with E-state index < -0.39 is 10.2 Å². The van der Waals surface area contributed by atoms with Gasteiger partial charge in [-0.05, 0) is 18.6 Å². The summed E-state index contributed by atoms with van der Waals surface area (Å²) in [6.07, 6.45) is 0.